The van der Waals surface area contributed by atoms with Crippen LogP contribution >= 0.6 is 0 Å². The second-order valence-electron chi connectivity index (χ2n) is 2.02. The van der Waals surface area contributed by atoms with E-state index < -0.39 is 23.9 Å². The Bertz CT molecular complexity index is 283. The molecule has 0 heterocycles. The summed E-state index contributed by atoms with van der Waals surface area (Å²) in [7, 11) is 0. The third kappa shape index (κ3) is 105. The number of carboxylic acids is 4. The monoisotopic (exact) mass is 396 g/mol. The maximum Gasteiger partial charge on any atom is 2.00 e. The molecule has 0 bridgehead atoms. The predicted octanol–water partition coefficient (Wildman–Crippen LogP) is -5.53. The third-order valence-corrected chi connectivity index (χ3v) is 0.737. The Balaban J connectivity index is -0.0000000187. The Kier molecular flexibility index (Phi) is 93.7. The molecule has 0 aromatic carbocycles. The number of carboxylic acid groups (broad SMARTS) is 4. The van der Waals surface area contributed by atoms with Crippen LogP contribution in [0.25, 0.3) is 0 Å². The van der Waals surface area contributed by atoms with Gasteiger partial charge in [0.15, 0.2) is 0 Å². The van der Waals surface area contributed by atoms with Crippen LogP contribution in [-0.2, 0) is 36.2 Å². The fraction of sp³-hybridized carbons (Fsp3) is 0. The Hall–Kier alpha value is -2.36. The quantitative estimate of drug-likeness (QED) is 0.261. The zero-order chi connectivity index (χ0) is 13.1. The molecule has 142 valence electrons. The summed E-state index contributed by atoms with van der Waals surface area (Å²) < 4.78 is 0. The van der Waals surface area contributed by atoms with Gasteiger partial charge in [-0.15, -0.1) is 0 Å². The van der Waals surface area contributed by atoms with Gasteiger partial charge in [-0.2, -0.15) is 0 Å². The fourth-order valence-electron chi connectivity index (χ4n) is 0.285. The second kappa shape index (κ2) is 36.7. The van der Waals surface area contributed by atoms with Gasteiger partial charge in [0.05, 0.1) is 0 Å². The molecule has 0 aliphatic heterocycles. The molecule has 0 rings (SSSR count). The molecule has 0 saturated heterocycles. The van der Waals surface area contributed by atoms with E-state index in [0.29, 0.717) is 24.3 Å². The van der Waals surface area contributed by atoms with E-state index in [4.69, 9.17) is 20.4 Å². The van der Waals surface area contributed by atoms with Crippen LogP contribution in [0.3, 0.4) is 0 Å². The zero-order valence-electron chi connectivity index (χ0n) is 11.1. The van der Waals surface area contributed by atoms with E-state index in [2.05, 4.69) is 0 Å². The summed E-state index contributed by atoms with van der Waals surface area (Å²) in [5.41, 5.74) is 0. The topological polar surface area (TPSA) is 338 Å². The standard InChI is InChI=1S/2C4H4O4.Fe.6H2O/c2*5-3(6)1-2-4(7)8;;;;;;;/h2*1-2H,(H,5,6)(H,7,8);;6*1H2/q;;+2;;;;;;/b2*2-1+;;;;;;;. The Labute approximate surface area is 138 Å². The van der Waals surface area contributed by atoms with E-state index in [0.717, 1.165) is 0 Å². The number of rotatable bonds is 4. The number of hydrogen-bond acceptors (Lipinski definition) is 4. The summed E-state index contributed by atoms with van der Waals surface area (Å²) in [5, 5.41) is 31.2. The van der Waals surface area contributed by atoms with Gasteiger partial charge in [0.1, 0.15) is 0 Å². The van der Waals surface area contributed by atoms with Crippen molar-refractivity contribution < 1.29 is 89.5 Å². The molecule has 0 unspecified atom stereocenters. The van der Waals surface area contributed by atoms with E-state index in [9.17, 15) is 19.2 Å². The summed E-state index contributed by atoms with van der Waals surface area (Å²) in [6.45, 7) is 0. The number of aliphatic carboxylic acids is 4. The largest absolute Gasteiger partial charge is 2.00 e. The molecule has 0 aromatic rings. The van der Waals surface area contributed by atoms with Gasteiger partial charge in [0.2, 0.25) is 0 Å². The molecule has 0 fully saturated rings. The van der Waals surface area contributed by atoms with Crippen molar-refractivity contribution in [2.45, 2.75) is 0 Å². The van der Waals surface area contributed by atoms with Crippen molar-refractivity contribution in [2.75, 3.05) is 0 Å². The van der Waals surface area contributed by atoms with Gasteiger partial charge in [-0.05, 0) is 0 Å². The molecule has 0 aliphatic carbocycles. The molecule has 0 aliphatic rings. The smallest absolute Gasteiger partial charge is 0.478 e. The summed E-state index contributed by atoms with van der Waals surface area (Å²) in [4.78, 5) is 38.2. The molecular weight excluding hydrogens is 376 g/mol. The maximum absolute atomic E-state index is 9.55. The predicted molar refractivity (Wildman–Crippen MR) is 70.5 cm³/mol. The minimum Gasteiger partial charge on any atom is -0.478 e. The second-order valence-corrected chi connectivity index (χ2v) is 2.02. The van der Waals surface area contributed by atoms with Crippen molar-refractivity contribution in [2.24, 2.45) is 0 Å². The van der Waals surface area contributed by atoms with Crippen LogP contribution in [0.5, 0.6) is 0 Å². The molecule has 0 spiro atoms. The van der Waals surface area contributed by atoms with Crippen molar-refractivity contribution >= 4 is 23.9 Å². The van der Waals surface area contributed by atoms with Gasteiger partial charge in [0, 0.05) is 24.3 Å². The van der Waals surface area contributed by atoms with Crippen LogP contribution in [0.1, 0.15) is 0 Å². The molecule has 0 amide bonds. The van der Waals surface area contributed by atoms with E-state index >= 15 is 0 Å². The first kappa shape index (κ1) is 58.8. The van der Waals surface area contributed by atoms with Gasteiger partial charge in [-0.3, -0.25) is 0 Å². The average Bonchev–Trinajstić information content (AvgIpc) is 2.12. The minimum absolute atomic E-state index is 0. The molecule has 23 heavy (non-hydrogen) atoms. The van der Waals surface area contributed by atoms with Crippen molar-refractivity contribution in [3.63, 3.8) is 0 Å². The fourth-order valence-corrected chi connectivity index (χ4v) is 0.285. The average molecular weight is 396 g/mol. The van der Waals surface area contributed by atoms with E-state index in [1.54, 1.807) is 0 Å². The van der Waals surface area contributed by atoms with Crippen molar-refractivity contribution in [3.05, 3.63) is 24.3 Å². The summed E-state index contributed by atoms with van der Waals surface area (Å²) in [6, 6.07) is 0. The Morgan fingerprint density at radius 1 is 0.435 bits per heavy atom. The van der Waals surface area contributed by atoms with Crippen molar-refractivity contribution in [1.29, 1.82) is 0 Å². The molecule has 0 atom stereocenters. The summed E-state index contributed by atoms with van der Waals surface area (Å²) in [5.74, 6) is -5.03. The van der Waals surface area contributed by atoms with E-state index in [-0.39, 0.29) is 49.9 Å². The molecule has 16 N–H and O–H groups in total. The third-order valence-electron chi connectivity index (χ3n) is 0.737. The van der Waals surface area contributed by atoms with Crippen molar-refractivity contribution in [1.82, 2.24) is 0 Å². The maximum atomic E-state index is 9.55. The van der Waals surface area contributed by atoms with Crippen LogP contribution in [0.2, 0.25) is 0 Å². The summed E-state index contributed by atoms with van der Waals surface area (Å²) >= 11 is 0. The van der Waals surface area contributed by atoms with Crippen LogP contribution in [0.15, 0.2) is 24.3 Å². The normalized spacial score (nSPS) is 6.61. The summed E-state index contributed by atoms with van der Waals surface area (Å²) in [6.07, 6.45) is 2.23. The molecule has 15 heteroatoms. The molecule has 0 saturated carbocycles. The zero-order valence-corrected chi connectivity index (χ0v) is 12.2. The molecular formula is C8H20FeO14+2. The van der Waals surface area contributed by atoms with Crippen molar-refractivity contribution in [3.8, 4) is 0 Å². The van der Waals surface area contributed by atoms with Crippen LogP contribution in [0.4, 0.5) is 0 Å². The first-order valence-electron chi connectivity index (χ1n) is 3.53. The van der Waals surface area contributed by atoms with Gasteiger partial charge >= 0.3 is 40.9 Å². The number of hydrogen-bond donors (Lipinski definition) is 4. The first-order valence-corrected chi connectivity index (χ1v) is 3.53. The Morgan fingerprint density at radius 3 is 0.565 bits per heavy atom. The molecule has 0 aromatic heterocycles. The van der Waals surface area contributed by atoms with Gasteiger partial charge in [0.25, 0.3) is 0 Å². The van der Waals surface area contributed by atoms with Gasteiger partial charge in [-0.25, -0.2) is 19.2 Å². The first-order chi connectivity index (χ1) is 7.25. The van der Waals surface area contributed by atoms with Gasteiger partial charge in [-0.1, -0.05) is 0 Å². The minimum atomic E-state index is -1.26. The Morgan fingerprint density at radius 2 is 0.522 bits per heavy atom. The molecule has 0 radical (unpaired) electrons. The van der Waals surface area contributed by atoms with Crippen LogP contribution < -0.4 is 0 Å². The molecule has 14 nitrogen and oxygen atoms in total. The van der Waals surface area contributed by atoms with E-state index in [1.165, 1.54) is 0 Å². The van der Waals surface area contributed by atoms with Gasteiger partial charge < -0.3 is 53.3 Å². The van der Waals surface area contributed by atoms with Crippen LogP contribution in [0, 0.1) is 0 Å². The van der Waals surface area contributed by atoms with Crippen LogP contribution in [-0.4, -0.2) is 77.2 Å². The number of carbonyl (C=O) groups is 4. The SMILES string of the molecule is O.O.O.O.O.O.O=C(O)/C=C/C(=O)O.O=C(O)/C=C/C(=O)O.[Fe+2]. The van der Waals surface area contributed by atoms with E-state index in [1.807, 2.05) is 0 Å².